The lowest BCUT2D eigenvalue weighted by molar-refractivity contribution is -0.117. The molecule has 0 radical (unpaired) electrons. The van der Waals surface area contributed by atoms with E-state index in [0.29, 0.717) is 33.6 Å². The number of carbonyl (C=O) groups excluding carboxylic acids is 1. The molecule has 1 saturated carbocycles. The molecule has 0 saturated heterocycles. The molecule has 2 heterocycles. The highest BCUT2D eigenvalue weighted by molar-refractivity contribution is 6.36. The second kappa shape index (κ2) is 7.05. The number of fused-ring (bicyclic) bond motifs is 1. The van der Waals surface area contributed by atoms with Crippen LogP contribution in [0.3, 0.4) is 0 Å². The number of nitriles is 1. The van der Waals surface area contributed by atoms with E-state index < -0.39 is 5.92 Å². The van der Waals surface area contributed by atoms with Gasteiger partial charge in [0.1, 0.15) is 5.82 Å². The Morgan fingerprint density at radius 2 is 2.14 bits per heavy atom. The van der Waals surface area contributed by atoms with Gasteiger partial charge in [0.15, 0.2) is 0 Å². The molecule has 1 aliphatic rings. The van der Waals surface area contributed by atoms with Crippen molar-refractivity contribution in [2.75, 3.05) is 5.32 Å². The Balaban J connectivity index is 1.73. The zero-order valence-corrected chi connectivity index (χ0v) is 16.0. The molecule has 146 valence electrons. The molecule has 1 amide bonds. The van der Waals surface area contributed by atoms with Crippen molar-refractivity contribution in [3.8, 4) is 17.2 Å². The van der Waals surface area contributed by atoms with Gasteiger partial charge in [0.2, 0.25) is 5.91 Å². The molecule has 2 aromatic heterocycles. The largest absolute Gasteiger partial charge is 0.310 e. The molecule has 29 heavy (non-hydrogen) atoms. The normalized spacial score (nSPS) is 18.3. The van der Waals surface area contributed by atoms with Crippen molar-refractivity contribution in [3.05, 3.63) is 53.4 Å². The van der Waals surface area contributed by atoms with E-state index in [1.807, 2.05) is 0 Å². The summed E-state index contributed by atoms with van der Waals surface area (Å²) in [5.41, 5.74) is 0.616. The van der Waals surface area contributed by atoms with E-state index in [0.717, 1.165) is 6.92 Å². The van der Waals surface area contributed by atoms with Crippen LogP contribution in [-0.4, -0.2) is 15.9 Å². The summed E-state index contributed by atoms with van der Waals surface area (Å²) in [5.74, 6) is -3.57. The van der Waals surface area contributed by atoms with Gasteiger partial charge in [-0.3, -0.25) is 9.78 Å². The molecule has 1 fully saturated rings. The minimum atomic E-state index is -3.04. The first-order chi connectivity index (χ1) is 13.8. The van der Waals surface area contributed by atoms with Crippen LogP contribution in [0.5, 0.6) is 0 Å². The van der Waals surface area contributed by atoms with Crippen LogP contribution in [0.25, 0.3) is 21.9 Å². The van der Waals surface area contributed by atoms with Gasteiger partial charge in [-0.2, -0.15) is 5.26 Å². The molecular weight excluding hydrogens is 398 g/mol. The molecule has 1 unspecified atom stereocenters. The van der Waals surface area contributed by atoms with Crippen LogP contribution in [0.4, 0.5) is 14.6 Å². The summed E-state index contributed by atoms with van der Waals surface area (Å²) < 4.78 is 28.0. The number of nitrogens with one attached hydrogen (secondary N) is 1. The number of benzene rings is 1. The van der Waals surface area contributed by atoms with Crippen molar-refractivity contribution in [1.29, 1.82) is 5.26 Å². The van der Waals surface area contributed by atoms with E-state index in [1.165, 1.54) is 24.7 Å². The summed E-state index contributed by atoms with van der Waals surface area (Å²) in [6.07, 6.45) is 4.76. The zero-order valence-electron chi connectivity index (χ0n) is 15.3. The molecule has 5 nitrogen and oxygen atoms in total. The van der Waals surface area contributed by atoms with Gasteiger partial charge in [-0.15, -0.1) is 0 Å². The molecule has 1 aromatic carbocycles. The van der Waals surface area contributed by atoms with Crippen LogP contribution in [0, 0.1) is 23.2 Å². The van der Waals surface area contributed by atoms with Crippen LogP contribution in [0.1, 0.15) is 18.9 Å². The third-order valence-corrected chi connectivity index (χ3v) is 5.25. The van der Waals surface area contributed by atoms with E-state index in [-0.39, 0.29) is 28.9 Å². The number of hydrogen-bond donors (Lipinski definition) is 1. The molecule has 1 N–H and O–H groups in total. The van der Waals surface area contributed by atoms with Crippen LogP contribution < -0.4 is 5.32 Å². The average molecular weight is 413 g/mol. The monoisotopic (exact) mass is 412 g/mol. The maximum Gasteiger partial charge on any atom is 0.271 e. The van der Waals surface area contributed by atoms with Crippen LogP contribution in [-0.2, 0) is 10.7 Å². The highest BCUT2D eigenvalue weighted by Crippen LogP contribution is 2.39. The van der Waals surface area contributed by atoms with E-state index in [9.17, 15) is 13.6 Å². The van der Waals surface area contributed by atoms with E-state index in [2.05, 4.69) is 21.4 Å². The van der Waals surface area contributed by atoms with Crippen LogP contribution in [0.2, 0.25) is 5.02 Å². The number of hydrogen-bond acceptors (Lipinski definition) is 4. The number of aromatic nitrogens is 2. The minimum absolute atomic E-state index is 0.151. The van der Waals surface area contributed by atoms with Crippen molar-refractivity contribution in [3.63, 3.8) is 0 Å². The molecule has 4 rings (SSSR count). The van der Waals surface area contributed by atoms with Crippen molar-refractivity contribution in [1.82, 2.24) is 9.97 Å². The predicted molar refractivity (Wildman–Crippen MR) is 105 cm³/mol. The quantitative estimate of drug-likeness (QED) is 0.642. The Kier molecular flexibility index (Phi) is 4.67. The number of rotatable bonds is 4. The number of carbonyl (C=O) groups is 1. The Morgan fingerprint density at radius 3 is 2.83 bits per heavy atom. The lowest BCUT2D eigenvalue weighted by atomic mass is 9.96. The number of halogens is 3. The van der Waals surface area contributed by atoms with E-state index in [4.69, 9.17) is 16.9 Å². The highest BCUT2D eigenvalue weighted by atomic mass is 35.5. The Hall–Kier alpha value is -3.11. The maximum absolute atomic E-state index is 14.0. The van der Waals surface area contributed by atoms with Crippen LogP contribution >= 0.6 is 11.6 Å². The minimum Gasteiger partial charge on any atom is -0.310 e. The summed E-state index contributed by atoms with van der Waals surface area (Å²) in [6, 6.07) is 8.29. The van der Waals surface area contributed by atoms with Gasteiger partial charge in [-0.05, 0) is 41.6 Å². The SMILES string of the molecule is CC(F)(F)c1ccncc1-c1cc(Cl)c2cnc(NC(=O)[C@H]3CC3C#N)cc2c1. The molecule has 8 heteroatoms. The summed E-state index contributed by atoms with van der Waals surface area (Å²) in [6.45, 7) is 0.832. The van der Waals surface area contributed by atoms with Gasteiger partial charge < -0.3 is 5.32 Å². The van der Waals surface area contributed by atoms with Gasteiger partial charge in [0, 0.05) is 42.0 Å². The first-order valence-corrected chi connectivity index (χ1v) is 9.28. The second-order valence-corrected chi connectivity index (χ2v) is 7.53. The van der Waals surface area contributed by atoms with Gasteiger partial charge in [0.05, 0.1) is 22.9 Å². The molecule has 0 bridgehead atoms. The zero-order chi connectivity index (χ0) is 20.8. The molecule has 1 aliphatic carbocycles. The van der Waals surface area contributed by atoms with E-state index >= 15 is 0 Å². The van der Waals surface area contributed by atoms with Crippen molar-refractivity contribution in [2.24, 2.45) is 11.8 Å². The number of nitrogens with zero attached hydrogens (tertiary/aromatic N) is 3. The fourth-order valence-electron chi connectivity index (χ4n) is 3.29. The standard InChI is InChI=1S/C21H15ClF2N4O/c1-21(23,24)17-2-3-26-9-15(17)11-4-12-7-19(27-10-16(12)18(22)6-11)28-20(29)14-5-13(14)8-25/h2-4,6-7,9-10,13-14H,5H2,1H3,(H,27,28,29)/t13?,14-/m0/s1. The van der Waals surface area contributed by atoms with Crippen LogP contribution in [0.15, 0.2) is 42.9 Å². The van der Waals surface area contributed by atoms with E-state index in [1.54, 1.807) is 18.2 Å². The smallest absolute Gasteiger partial charge is 0.271 e. The second-order valence-electron chi connectivity index (χ2n) is 7.13. The summed E-state index contributed by atoms with van der Waals surface area (Å²) in [5, 5.41) is 13.2. The number of alkyl halides is 2. The Labute approximate surface area is 170 Å². The third-order valence-electron chi connectivity index (χ3n) is 4.94. The van der Waals surface area contributed by atoms with Crippen molar-refractivity contribution < 1.29 is 13.6 Å². The summed E-state index contributed by atoms with van der Waals surface area (Å²) >= 11 is 6.36. The number of pyridine rings is 2. The summed E-state index contributed by atoms with van der Waals surface area (Å²) in [4.78, 5) is 20.3. The lowest BCUT2D eigenvalue weighted by Crippen LogP contribution is -2.15. The van der Waals surface area contributed by atoms with Gasteiger partial charge in [-0.25, -0.2) is 13.8 Å². The molecule has 2 atom stereocenters. The Morgan fingerprint density at radius 1 is 1.34 bits per heavy atom. The lowest BCUT2D eigenvalue weighted by Gasteiger charge is -2.16. The van der Waals surface area contributed by atoms with Crippen molar-refractivity contribution >= 4 is 34.1 Å². The predicted octanol–water partition coefficient (Wildman–Crippen LogP) is 5.16. The number of anilines is 1. The van der Waals surface area contributed by atoms with Gasteiger partial charge in [-0.1, -0.05) is 11.6 Å². The first-order valence-electron chi connectivity index (χ1n) is 8.90. The average Bonchev–Trinajstić information content (AvgIpc) is 3.47. The Bertz CT molecular complexity index is 1170. The van der Waals surface area contributed by atoms with Gasteiger partial charge in [0.25, 0.3) is 5.92 Å². The molecular formula is C21H15ClF2N4O. The molecule has 0 aliphatic heterocycles. The topological polar surface area (TPSA) is 78.7 Å². The summed E-state index contributed by atoms with van der Waals surface area (Å²) in [7, 11) is 0. The maximum atomic E-state index is 14.0. The first kappa shape index (κ1) is 19.2. The highest BCUT2D eigenvalue weighted by Gasteiger charge is 2.43. The molecule has 0 spiro atoms. The fourth-order valence-corrected chi connectivity index (χ4v) is 3.57. The third kappa shape index (κ3) is 3.76. The van der Waals surface area contributed by atoms with Gasteiger partial charge >= 0.3 is 0 Å². The van der Waals surface area contributed by atoms with Crippen molar-refractivity contribution in [2.45, 2.75) is 19.3 Å². The fraction of sp³-hybridized carbons (Fsp3) is 0.238. The number of amides is 1. The molecule has 3 aromatic rings.